The predicted octanol–water partition coefficient (Wildman–Crippen LogP) is 2.34. The van der Waals surface area contributed by atoms with E-state index in [4.69, 9.17) is 14.2 Å². The molecule has 0 aliphatic heterocycles. The van der Waals surface area contributed by atoms with Crippen LogP contribution in [-0.2, 0) is 14.2 Å². The Morgan fingerprint density at radius 2 is 0.952 bits per heavy atom. The molecule has 0 amide bonds. The Bertz CT molecular complexity index is 254. The van der Waals surface area contributed by atoms with E-state index in [0.29, 0.717) is 26.4 Å². The molecule has 2 rings (SSSR count). The van der Waals surface area contributed by atoms with Gasteiger partial charge in [-0.05, 0) is 25.7 Å². The van der Waals surface area contributed by atoms with Gasteiger partial charge in [0.05, 0.1) is 26.4 Å². The first-order chi connectivity index (χ1) is 10.1. The van der Waals surface area contributed by atoms with Crippen LogP contribution >= 0.6 is 0 Å². The van der Waals surface area contributed by atoms with Gasteiger partial charge in [-0.2, -0.15) is 0 Å². The van der Waals surface area contributed by atoms with E-state index in [1.165, 1.54) is 12.8 Å². The van der Waals surface area contributed by atoms with Gasteiger partial charge in [0, 0.05) is 25.7 Å². The molecule has 0 atom stereocenters. The average Bonchev–Trinajstić information content (AvgIpc) is 2.47. The molecule has 5 nitrogen and oxygen atoms in total. The second-order valence-electron chi connectivity index (χ2n) is 6.32. The summed E-state index contributed by atoms with van der Waals surface area (Å²) in [6.07, 6.45) is 9.39. The first kappa shape index (κ1) is 17.2. The van der Waals surface area contributed by atoms with Gasteiger partial charge in [0.15, 0.2) is 11.6 Å². The molecule has 2 saturated carbocycles. The van der Waals surface area contributed by atoms with E-state index in [0.717, 1.165) is 51.4 Å². The molecule has 2 aliphatic carbocycles. The molecule has 0 radical (unpaired) electrons. The lowest BCUT2D eigenvalue weighted by Gasteiger charge is -2.32. The normalized spacial score (nSPS) is 24.9. The molecule has 2 fully saturated rings. The fraction of sp³-hybridized carbons (Fsp3) is 1.00. The average molecular weight is 302 g/mol. The van der Waals surface area contributed by atoms with Gasteiger partial charge in [0.25, 0.3) is 0 Å². The SMILES string of the molecule is OC1(OCCOCCOC2(O)CCCCC2)CCCCC1. The lowest BCUT2D eigenvalue weighted by molar-refractivity contribution is -0.233. The van der Waals surface area contributed by atoms with Crippen molar-refractivity contribution in [2.75, 3.05) is 26.4 Å². The Morgan fingerprint density at radius 3 is 1.33 bits per heavy atom. The summed E-state index contributed by atoms with van der Waals surface area (Å²) in [7, 11) is 0. The molecular formula is C16H30O5. The third-order valence-electron chi connectivity index (χ3n) is 4.47. The maximum Gasteiger partial charge on any atom is 0.165 e. The maximum absolute atomic E-state index is 10.1. The first-order valence-electron chi connectivity index (χ1n) is 8.42. The number of rotatable bonds is 8. The van der Waals surface area contributed by atoms with Gasteiger partial charge in [-0.1, -0.05) is 12.8 Å². The van der Waals surface area contributed by atoms with Gasteiger partial charge in [-0.25, -0.2) is 0 Å². The van der Waals surface area contributed by atoms with Crippen molar-refractivity contribution >= 4 is 0 Å². The molecule has 0 unspecified atom stereocenters. The van der Waals surface area contributed by atoms with Gasteiger partial charge in [0.2, 0.25) is 0 Å². The number of hydrogen-bond donors (Lipinski definition) is 2. The van der Waals surface area contributed by atoms with Crippen LogP contribution in [0.3, 0.4) is 0 Å². The molecular weight excluding hydrogens is 272 g/mol. The molecule has 5 heteroatoms. The zero-order chi connectivity index (χ0) is 15.0. The maximum atomic E-state index is 10.1. The van der Waals surface area contributed by atoms with Crippen molar-refractivity contribution in [1.82, 2.24) is 0 Å². The number of aliphatic hydroxyl groups is 2. The van der Waals surface area contributed by atoms with Gasteiger partial charge >= 0.3 is 0 Å². The highest BCUT2D eigenvalue weighted by Crippen LogP contribution is 2.29. The first-order valence-corrected chi connectivity index (χ1v) is 8.42. The van der Waals surface area contributed by atoms with Crippen molar-refractivity contribution in [3.8, 4) is 0 Å². The molecule has 21 heavy (non-hydrogen) atoms. The quantitative estimate of drug-likeness (QED) is 0.532. The fourth-order valence-electron chi connectivity index (χ4n) is 3.18. The number of ether oxygens (including phenoxy) is 3. The molecule has 2 N–H and O–H groups in total. The minimum absolute atomic E-state index is 0.404. The lowest BCUT2D eigenvalue weighted by atomic mass is 9.94. The van der Waals surface area contributed by atoms with E-state index in [9.17, 15) is 10.2 Å². The number of hydrogen-bond acceptors (Lipinski definition) is 5. The van der Waals surface area contributed by atoms with E-state index >= 15 is 0 Å². The summed E-state index contributed by atoms with van der Waals surface area (Å²) in [4.78, 5) is 0. The van der Waals surface area contributed by atoms with Crippen LogP contribution in [0.1, 0.15) is 64.2 Å². The van der Waals surface area contributed by atoms with Crippen molar-refractivity contribution in [3.05, 3.63) is 0 Å². The van der Waals surface area contributed by atoms with Crippen LogP contribution in [0.2, 0.25) is 0 Å². The molecule has 0 aromatic rings. The van der Waals surface area contributed by atoms with E-state index in [1.54, 1.807) is 0 Å². The van der Waals surface area contributed by atoms with Crippen LogP contribution in [0.25, 0.3) is 0 Å². The predicted molar refractivity (Wildman–Crippen MR) is 78.8 cm³/mol. The molecule has 0 aromatic carbocycles. The minimum Gasteiger partial charge on any atom is -0.377 e. The van der Waals surface area contributed by atoms with Crippen LogP contribution in [0.15, 0.2) is 0 Å². The summed E-state index contributed by atoms with van der Waals surface area (Å²) in [6.45, 7) is 1.70. The monoisotopic (exact) mass is 302 g/mol. The van der Waals surface area contributed by atoms with Crippen molar-refractivity contribution in [2.24, 2.45) is 0 Å². The summed E-state index contributed by atoms with van der Waals surface area (Å²) in [5.41, 5.74) is 0. The van der Waals surface area contributed by atoms with E-state index in [-0.39, 0.29) is 0 Å². The summed E-state index contributed by atoms with van der Waals surface area (Å²) in [5.74, 6) is -1.87. The fourth-order valence-corrected chi connectivity index (χ4v) is 3.18. The molecule has 0 spiro atoms. The van der Waals surface area contributed by atoms with E-state index in [1.807, 2.05) is 0 Å². The Hall–Kier alpha value is -0.200. The van der Waals surface area contributed by atoms with Crippen molar-refractivity contribution < 1.29 is 24.4 Å². The molecule has 0 saturated heterocycles. The van der Waals surface area contributed by atoms with Gasteiger partial charge in [0.1, 0.15) is 0 Å². The minimum atomic E-state index is -0.935. The second kappa shape index (κ2) is 8.44. The molecule has 0 heterocycles. The molecule has 2 aliphatic rings. The molecule has 0 bridgehead atoms. The zero-order valence-electron chi connectivity index (χ0n) is 13.0. The van der Waals surface area contributed by atoms with Crippen LogP contribution in [0, 0.1) is 0 Å². The van der Waals surface area contributed by atoms with Gasteiger partial charge in [-0.3, -0.25) is 0 Å². The van der Waals surface area contributed by atoms with Crippen LogP contribution in [0.4, 0.5) is 0 Å². The third kappa shape index (κ3) is 6.20. The summed E-state index contributed by atoms with van der Waals surface area (Å²) >= 11 is 0. The largest absolute Gasteiger partial charge is 0.377 e. The molecule has 124 valence electrons. The van der Waals surface area contributed by atoms with Crippen LogP contribution in [-0.4, -0.2) is 48.2 Å². The van der Waals surface area contributed by atoms with E-state index in [2.05, 4.69) is 0 Å². The molecule has 0 aromatic heterocycles. The van der Waals surface area contributed by atoms with E-state index < -0.39 is 11.6 Å². The Balaban J connectivity index is 1.46. The van der Waals surface area contributed by atoms with Crippen molar-refractivity contribution in [2.45, 2.75) is 75.8 Å². The zero-order valence-corrected chi connectivity index (χ0v) is 13.0. The highest BCUT2D eigenvalue weighted by Gasteiger charge is 2.30. The standard InChI is InChI=1S/C16H30O5/c17-15(7-3-1-4-8-15)20-13-11-19-12-14-21-16(18)9-5-2-6-10-16/h17-18H,1-14H2. The third-order valence-corrected chi connectivity index (χ3v) is 4.47. The van der Waals surface area contributed by atoms with Gasteiger partial charge in [-0.15, -0.1) is 0 Å². The highest BCUT2D eigenvalue weighted by atomic mass is 16.6. The Morgan fingerprint density at radius 1 is 0.571 bits per heavy atom. The summed E-state index contributed by atoms with van der Waals surface area (Å²) in [6, 6.07) is 0. The smallest absolute Gasteiger partial charge is 0.165 e. The highest BCUT2D eigenvalue weighted by molar-refractivity contribution is 4.73. The summed E-state index contributed by atoms with van der Waals surface area (Å²) in [5, 5.41) is 20.3. The van der Waals surface area contributed by atoms with Crippen molar-refractivity contribution in [1.29, 1.82) is 0 Å². The van der Waals surface area contributed by atoms with Gasteiger partial charge < -0.3 is 24.4 Å². The summed E-state index contributed by atoms with van der Waals surface area (Å²) < 4.78 is 16.5. The lowest BCUT2D eigenvalue weighted by Crippen LogP contribution is -2.36. The Labute approximate surface area is 127 Å². The van der Waals surface area contributed by atoms with Crippen molar-refractivity contribution in [3.63, 3.8) is 0 Å². The topological polar surface area (TPSA) is 68.2 Å². The second-order valence-corrected chi connectivity index (χ2v) is 6.32. The van der Waals surface area contributed by atoms with Crippen LogP contribution < -0.4 is 0 Å². The Kier molecular flexibility index (Phi) is 6.89. The van der Waals surface area contributed by atoms with Crippen LogP contribution in [0.5, 0.6) is 0 Å².